The van der Waals surface area contributed by atoms with Crippen molar-refractivity contribution in [2.45, 2.75) is 31.1 Å². The highest BCUT2D eigenvalue weighted by atomic mass is 32.2. The average Bonchev–Trinajstić information content (AvgIpc) is 3.33. The number of anilines is 1. The maximum Gasteiger partial charge on any atom is 0.162 e. The van der Waals surface area contributed by atoms with E-state index < -0.39 is 15.1 Å². The number of sulfone groups is 1. The van der Waals surface area contributed by atoms with Crippen LogP contribution in [0.15, 0.2) is 30.6 Å². The molecule has 3 aromatic heterocycles. The van der Waals surface area contributed by atoms with E-state index in [1.807, 2.05) is 24.4 Å². The van der Waals surface area contributed by atoms with E-state index in [9.17, 15) is 8.42 Å². The molecule has 152 valence electrons. The molecule has 2 atom stereocenters. The van der Waals surface area contributed by atoms with Crippen molar-refractivity contribution in [3.63, 3.8) is 0 Å². The Kier molecular flexibility index (Phi) is 4.51. The predicted octanol–water partition coefficient (Wildman–Crippen LogP) is 2.49. The van der Waals surface area contributed by atoms with Crippen LogP contribution < -0.4 is 4.90 Å². The molecule has 2 saturated heterocycles. The summed E-state index contributed by atoms with van der Waals surface area (Å²) in [4.78, 5) is 19.2. The van der Waals surface area contributed by atoms with E-state index in [-0.39, 0.29) is 11.8 Å². The van der Waals surface area contributed by atoms with Gasteiger partial charge in [0, 0.05) is 36.0 Å². The van der Waals surface area contributed by atoms with Crippen LogP contribution in [0, 0.1) is 0 Å². The predicted molar refractivity (Wildman–Crippen MR) is 111 cm³/mol. The number of hydrogen-bond donors (Lipinski definition) is 1. The summed E-state index contributed by atoms with van der Waals surface area (Å²) in [7, 11) is -3.18. The van der Waals surface area contributed by atoms with Crippen LogP contribution in [0.5, 0.6) is 0 Å². The second kappa shape index (κ2) is 7.07. The van der Waals surface area contributed by atoms with Crippen molar-refractivity contribution in [3.05, 3.63) is 36.3 Å². The van der Waals surface area contributed by atoms with Gasteiger partial charge in [-0.15, -0.1) is 0 Å². The van der Waals surface area contributed by atoms with Crippen LogP contribution in [0.2, 0.25) is 0 Å². The molecule has 1 N–H and O–H groups in total. The third-order valence-electron chi connectivity index (χ3n) is 5.75. The first-order chi connectivity index (χ1) is 14.0. The Morgan fingerprint density at radius 1 is 1.28 bits per heavy atom. The van der Waals surface area contributed by atoms with Gasteiger partial charge in [0.15, 0.2) is 15.7 Å². The molecule has 5 rings (SSSR count). The number of hydrogen-bond acceptors (Lipinski definition) is 7. The number of nitrogens with one attached hydrogen (secondary N) is 1. The van der Waals surface area contributed by atoms with Gasteiger partial charge in [0.1, 0.15) is 16.7 Å². The monoisotopic (exact) mass is 413 g/mol. The summed E-state index contributed by atoms with van der Waals surface area (Å²) >= 11 is 0. The normalized spacial score (nSPS) is 24.2. The molecule has 2 aliphatic rings. The lowest BCUT2D eigenvalue weighted by Crippen LogP contribution is -2.44. The Morgan fingerprint density at radius 3 is 2.97 bits per heavy atom. The lowest BCUT2D eigenvalue weighted by molar-refractivity contribution is 0.0985. The maximum absolute atomic E-state index is 12.6. The highest BCUT2D eigenvalue weighted by Crippen LogP contribution is 2.36. The quantitative estimate of drug-likeness (QED) is 0.704. The van der Waals surface area contributed by atoms with Crippen molar-refractivity contribution in [1.29, 1.82) is 0 Å². The van der Waals surface area contributed by atoms with Crippen LogP contribution in [0.3, 0.4) is 0 Å². The van der Waals surface area contributed by atoms with Gasteiger partial charge >= 0.3 is 0 Å². The molecular formula is C20H23N5O3S. The number of ether oxygens (including phenoxy) is 1. The zero-order chi connectivity index (χ0) is 20.0. The second-order valence-electron chi connectivity index (χ2n) is 7.69. The molecular weight excluding hydrogens is 390 g/mol. The van der Waals surface area contributed by atoms with Crippen molar-refractivity contribution >= 4 is 26.7 Å². The molecule has 0 spiro atoms. The second-order valence-corrected chi connectivity index (χ2v) is 9.99. The largest absolute Gasteiger partial charge is 0.377 e. The van der Waals surface area contributed by atoms with Gasteiger partial charge in [0.25, 0.3) is 0 Å². The smallest absolute Gasteiger partial charge is 0.162 e. The molecule has 0 saturated carbocycles. The number of nitrogens with zero attached hydrogens (tertiary/aromatic N) is 4. The zero-order valence-electron chi connectivity index (χ0n) is 16.2. The van der Waals surface area contributed by atoms with Gasteiger partial charge in [0.05, 0.1) is 30.7 Å². The maximum atomic E-state index is 12.6. The Morgan fingerprint density at radius 2 is 2.17 bits per heavy atom. The third-order valence-corrected chi connectivity index (χ3v) is 7.96. The minimum Gasteiger partial charge on any atom is -0.377 e. The summed E-state index contributed by atoms with van der Waals surface area (Å²) in [5.74, 6) is 1.51. The fourth-order valence-corrected chi connectivity index (χ4v) is 6.10. The fourth-order valence-electron chi connectivity index (χ4n) is 4.23. The first kappa shape index (κ1) is 18.5. The number of aromatic nitrogens is 4. The minimum atomic E-state index is -3.18. The Balaban J connectivity index is 1.69. The molecule has 1 unspecified atom stereocenters. The average molecular weight is 414 g/mol. The van der Waals surface area contributed by atoms with E-state index in [0.29, 0.717) is 44.1 Å². The lowest BCUT2D eigenvalue weighted by atomic mass is 10.1. The summed E-state index contributed by atoms with van der Waals surface area (Å²) in [5, 5.41) is 0.350. The molecule has 3 aromatic rings. The number of rotatable bonds is 3. The first-order valence-electron chi connectivity index (χ1n) is 9.90. The minimum absolute atomic E-state index is 0.157. The van der Waals surface area contributed by atoms with Crippen LogP contribution in [-0.2, 0) is 14.6 Å². The summed E-state index contributed by atoms with van der Waals surface area (Å²) in [6.45, 7) is 4.04. The molecule has 0 amide bonds. The number of morpholine rings is 1. The van der Waals surface area contributed by atoms with Crippen molar-refractivity contribution in [3.8, 4) is 11.4 Å². The van der Waals surface area contributed by atoms with Gasteiger partial charge in [-0.3, -0.25) is 0 Å². The molecule has 0 aliphatic carbocycles. The van der Waals surface area contributed by atoms with Crippen LogP contribution >= 0.6 is 0 Å². The highest BCUT2D eigenvalue weighted by Gasteiger charge is 2.35. The summed E-state index contributed by atoms with van der Waals surface area (Å²) in [6, 6.07) is 5.83. The van der Waals surface area contributed by atoms with Gasteiger partial charge in [0.2, 0.25) is 0 Å². The Hall–Kier alpha value is -2.52. The molecule has 8 nitrogen and oxygen atoms in total. The van der Waals surface area contributed by atoms with E-state index in [2.05, 4.69) is 21.8 Å². The molecule has 0 radical (unpaired) electrons. The molecule has 0 aromatic carbocycles. The third kappa shape index (κ3) is 3.28. The van der Waals surface area contributed by atoms with Crippen LogP contribution in [0.4, 0.5) is 5.82 Å². The van der Waals surface area contributed by atoms with Crippen molar-refractivity contribution in [2.24, 2.45) is 0 Å². The Labute approximate surface area is 169 Å². The lowest BCUT2D eigenvalue weighted by Gasteiger charge is -2.34. The van der Waals surface area contributed by atoms with Crippen molar-refractivity contribution in [1.82, 2.24) is 19.9 Å². The van der Waals surface area contributed by atoms with Crippen LogP contribution in [0.25, 0.3) is 22.4 Å². The summed E-state index contributed by atoms with van der Waals surface area (Å²) in [5.41, 5.74) is 2.18. The van der Waals surface area contributed by atoms with Crippen molar-refractivity contribution < 1.29 is 13.2 Å². The van der Waals surface area contributed by atoms with E-state index in [0.717, 1.165) is 22.4 Å². The van der Waals surface area contributed by atoms with Gasteiger partial charge < -0.3 is 14.6 Å². The van der Waals surface area contributed by atoms with E-state index >= 15 is 0 Å². The van der Waals surface area contributed by atoms with Gasteiger partial charge in [-0.1, -0.05) is 0 Å². The zero-order valence-corrected chi connectivity index (χ0v) is 17.0. The number of pyridine rings is 1. The molecule has 2 aliphatic heterocycles. The van der Waals surface area contributed by atoms with E-state index in [4.69, 9.17) is 14.7 Å². The summed E-state index contributed by atoms with van der Waals surface area (Å²) < 4.78 is 30.8. The van der Waals surface area contributed by atoms with Crippen LogP contribution in [-0.4, -0.2) is 59.9 Å². The molecule has 29 heavy (non-hydrogen) atoms. The number of aromatic amines is 1. The summed E-state index contributed by atoms with van der Waals surface area (Å²) in [6.07, 6.45) is 4.82. The highest BCUT2D eigenvalue weighted by molar-refractivity contribution is 7.91. The molecule has 0 bridgehead atoms. The fraction of sp³-hybridized carbons (Fsp3) is 0.450. The molecule has 9 heteroatoms. The van der Waals surface area contributed by atoms with Crippen molar-refractivity contribution in [2.75, 3.05) is 30.4 Å². The van der Waals surface area contributed by atoms with E-state index in [1.54, 1.807) is 6.20 Å². The molecule has 5 heterocycles. The van der Waals surface area contributed by atoms with Gasteiger partial charge in [-0.2, -0.15) is 0 Å². The SMILES string of the molecule is C[C@@H]1COCCN1c1cc(C2CCCS2(=O)=O)nc(-c2ccnc3[nH]ccc23)n1. The standard InChI is InChI=1S/C20H23N5O3S/c1-13-12-28-9-8-25(13)18-11-16(17-3-2-10-29(17,26)27)23-20(24-18)15-5-7-22-19-14(15)4-6-21-19/h4-7,11,13,17H,2-3,8-10,12H2,1H3,(H,21,22)/t13-,17?/m1/s1. The number of fused-ring (bicyclic) bond motifs is 1. The van der Waals surface area contributed by atoms with Gasteiger partial charge in [-0.25, -0.2) is 23.4 Å². The molecule has 2 fully saturated rings. The van der Waals surface area contributed by atoms with E-state index in [1.165, 1.54) is 0 Å². The topological polar surface area (TPSA) is 101 Å². The number of H-pyrrole nitrogens is 1. The first-order valence-corrected chi connectivity index (χ1v) is 11.6. The van der Waals surface area contributed by atoms with Crippen LogP contribution in [0.1, 0.15) is 30.7 Å². The van der Waals surface area contributed by atoms with Gasteiger partial charge in [-0.05, 0) is 31.9 Å². The Bertz CT molecular complexity index is 1160.